The molecule has 0 aromatic heterocycles. The van der Waals surface area contributed by atoms with E-state index in [4.69, 9.17) is 4.74 Å². The van der Waals surface area contributed by atoms with Crippen molar-refractivity contribution in [3.05, 3.63) is 29.8 Å². The Morgan fingerprint density at radius 3 is 1.96 bits per heavy atom. The summed E-state index contributed by atoms with van der Waals surface area (Å²) < 4.78 is 5.17. The van der Waals surface area contributed by atoms with Gasteiger partial charge in [0.05, 0.1) is 6.61 Å². The van der Waals surface area contributed by atoms with E-state index in [-0.39, 0.29) is 17.5 Å². The maximum atomic E-state index is 11.6. The van der Waals surface area contributed by atoms with E-state index in [0.29, 0.717) is 12.2 Å². The van der Waals surface area contributed by atoms with Gasteiger partial charge < -0.3 is 14.9 Å². The maximum absolute atomic E-state index is 11.6. The van der Waals surface area contributed by atoms with Gasteiger partial charge in [-0.25, -0.2) is 4.79 Å². The number of ether oxygens (including phenoxy) is 1. The molecule has 0 amide bonds. The number of phenols is 2. The van der Waals surface area contributed by atoms with Gasteiger partial charge in [0.1, 0.15) is 0 Å². The minimum Gasteiger partial charge on any atom is -0.504 e. The Balaban J connectivity index is 1.95. The van der Waals surface area contributed by atoms with E-state index in [2.05, 4.69) is 6.92 Å². The van der Waals surface area contributed by atoms with Gasteiger partial charge in [0, 0.05) is 6.08 Å². The minimum absolute atomic E-state index is 0.179. The number of carbonyl (C=O) groups excluding carboxylic acids is 1. The van der Waals surface area contributed by atoms with E-state index >= 15 is 0 Å². The van der Waals surface area contributed by atoms with Crippen molar-refractivity contribution >= 4 is 12.0 Å². The van der Waals surface area contributed by atoms with Crippen molar-refractivity contribution in [3.63, 3.8) is 0 Å². The lowest BCUT2D eigenvalue weighted by Gasteiger charge is -2.04. The number of hydrogen-bond donors (Lipinski definition) is 2. The molecule has 0 unspecified atom stereocenters. The van der Waals surface area contributed by atoms with Crippen LogP contribution in [-0.4, -0.2) is 22.8 Å². The monoisotopic (exact) mass is 376 g/mol. The Bertz CT molecular complexity index is 551. The predicted octanol–water partition coefficient (Wildman–Crippen LogP) is 6.36. The van der Waals surface area contributed by atoms with E-state index in [0.717, 1.165) is 12.8 Å². The second-order valence-electron chi connectivity index (χ2n) is 7.14. The number of benzene rings is 1. The minimum atomic E-state index is -0.384. The lowest BCUT2D eigenvalue weighted by molar-refractivity contribution is -0.137. The van der Waals surface area contributed by atoms with Crippen molar-refractivity contribution in [1.29, 1.82) is 0 Å². The lowest BCUT2D eigenvalue weighted by Crippen LogP contribution is -2.02. The molecule has 4 heteroatoms. The van der Waals surface area contributed by atoms with Crippen LogP contribution >= 0.6 is 0 Å². The first-order valence-corrected chi connectivity index (χ1v) is 10.5. The first-order valence-electron chi connectivity index (χ1n) is 10.5. The molecule has 1 aromatic carbocycles. The first-order chi connectivity index (χ1) is 13.1. The van der Waals surface area contributed by atoms with Crippen LogP contribution < -0.4 is 0 Å². The average molecular weight is 377 g/mol. The highest BCUT2D eigenvalue weighted by Crippen LogP contribution is 2.25. The molecule has 1 rings (SSSR count). The first kappa shape index (κ1) is 23.1. The Morgan fingerprint density at radius 2 is 1.41 bits per heavy atom. The molecular formula is C23H36O4. The fraction of sp³-hybridized carbons (Fsp3) is 0.609. The molecule has 0 radical (unpaired) electrons. The fourth-order valence-corrected chi connectivity index (χ4v) is 2.97. The van der Waals surface area contributed by atoms with Crippen LogP contribution in [0.1, 0.15) is 89.5 Å². The van der Waals surface area contributed by atoms with Crippen molar-refractivity contribution in [2.75, 3.05) is 6.61 Å². The van der Waals surface area contributed by atoms with Crippen molar-refractivity contribution < 1.29 is 19.7 Å². The SMILES string of the molecule is CCCCCCCCCCCCCCOC(=O)C=Cc1ccc(O)c(O)c1. The van der Waals surface area contributed by atoms with Crippen LogP contribution in [0, 0.1) is 0 Å². The van der Waals surface area contributed by atoms with Crippen molar-refractivity contribution in [2.45, 2.75) is 84.0 Å². The van der Waals surface area contributed by atoms with Crippen LogP contribution in [-0.2, 0) is 9.53 Å². The molecule has 0 heterocycles. The van der Waals surface area contributed by atoms with Crippen molar-refractivity contribution in [3.8, 4) is 11.5 Å². The molecule has 0 bridgehead atoms. The average Bonchev–Trinajstić information content (AvgIpc) is 2.66. The molecule has 0 aliphatic carbocycles. The summed E-state index contributed by atoms with van der Waals surface area (Å²) >= 11 is 0. The summed E-state index contributed by atoms with van der Waals surface area (Å²) in [7, 11) is 0. The number of phenolic OH excluding ortho intramolecular Hbond substituents is 2. The third kappa shape index (κ3) is 12.1. The number of hydrogen-bond acceptors (Lipinski definition) is 4. The molecule has 0 atom stereocenters. The van der Waals surface area contributed by atoms with E-state index in [1.54, 1.807) is 12.1 Å². The molecule has 0 fully saturated rings. The van der Waals surface area contributed by atoms with E-state index in [9.17, 15) is 15.0 Å². The normalized spacial score (nSPS) is 11.1. The highest BCUT2D eigenvalue weighted by atomic mass is 16.5. The molecule has 0 spiro atoms. The largest absolute Gasteiger partial charge is 0.504 e. The third-order valence-electron chi connectivity index (χ3n) is 4.65. The predicted molar refractivity (Wildman–Crippen MR) is 111 cm³/mol. The molecule has 4 nitrogen and oxygen atoms in total. The van der Waals surface area contributed by atoms with Gasteiger partial charge in [0.15, 0.2) is 11.5 Å². The topological polar surface area (TPSA) is 66.8 Å². The summed E-state index contributed by atoms with van der Waals surface area (Å²) in [5.74, 6) is -0.769. The van der Waals surface area contributed by atoms with Crippen LogP contribution in [0.3, 0.4) is 0 Å². The zero-order valence-corrected chi connectivity index (χ0v) is 16.8. The summed E-state index contributed by atoms with van der Waals surface area (Å²) in [6, 6.07) is 4.39. The molecule has 1 aromatic rings. The van der Waals surface area contributed by atoms with Gasteiger partial charge in [-0.1, -0.05) is 83.6 Å². The van der Waals surface area contributed by atoms with E-state index in [1.165, 1.54) is 82.4 Å². The molecule has 0 saturated heterocycles. The van der Waals surface area contributed by atoms with Crippen LogP contribution in [0.25, 0.3) is 6.08 Å². The molecular weight excluding hydrogens is 340 g/mol. The second-order valence-corrected chi connectivity index (χ2v) is 7.14. The molecule has 152 valence electrons. The van der Waals surface area contributed by atoms with Gasteiger partial charge >= 0.3 is 5.97 Å². The summed E-state index contributed by atoms with van der Waals surface area (Å²) in [5.41, 5.74) is 0.632. The maximum Gasteiger partial charge on any atom is 0.330 e. The smallest absolute Gasteiger partial charge is 0.330 e. The Hall–Kier alpha value is -1.97. The molecule has 0 saturated carbocycles. The van der Waals surface area contributed by atoms with Crippen LogP contribution in [0.4, 0.5) is 0 Å². The standard InChI is InChI=1S/C23H36O4/c1-2-3-4-5-6-7-8-9-10-11-12-13-18-27-23(26)17-15-20-14-16-21(24)22(25)19-20/h14-17,19,24-25H,2-13,18H2,1H3. The summed E-state index contributed by atoms with van der Waals surface area (Å²) in [5, 5.41) is 18.6. The molecule has 0 aliphatic rings. The highest BCUT2D eigenvalue weighted by Gasteiger charge is 2.00. The third-order valence-corrected chi connectivity index (χ3v) is 4.65. The van der Waals surface area contributed by atoms with Crippen LogP contribution in [0.2, 0.25) is 0 Å². The van der Waals surface area contributed by atoms with E-state index in [1.807, 2.05) is 0 Å². The Labute approximate surface area is 164 Å². The zero-order chi connectivity index (χ0) is 19.7. The van der Waals surface area contributed by atoms with Gasteiger partial charge in [0.25, 0.3) is 0 Å². The Morgan fingerprint density at radius 1 is 0.852 bits per heavy atom. The number of carbonyl (C=O) groups is 1. The number of rotatable bonds is 15. The number of unbranched alkanes of at least 4 members (excludes halogenated alkanes) is 11. The van der Waals surface area contributed by atoms with Gasteiger partial charge in [-0.15, -0.1) is 0 Å². The number of esters is 1. The van der Waals surface area contributed by atoms with Gasteiger partial charge in [-0.3, -0.25) is 0 Å². The number of aromatic hydroxyl groups is 2. The van der Waals surface area contributed by atoms with Gasteiger partial charge in [0.2, 0.25) is 0 Å². The summed E-state index contributed by atoms with van der Waals surface area (Å²) in [6.07, 6.45) is 18.3. The van der Waals surface area contributed by atoms with Crippen molar-refractivity contribution in [2.24, 2.45) is 0 Å². The van der Waals surface area contributed by atoms with Crippen LogP contribution in [0.5, 0.6) is 11.5 Å². The van der Waals surface area contributed by atoms with Crippen LogP contribution in [0.15, 0.2) is 24.3 Å². The Kier molecular flexibility index (Phi) is 12.9. The van der Waals surface area contributed by atoms with E-state index < -0.39 is 0 Å². The van der Waals surface area contributed by atoms with Crippen molar-refractivity contribution in [1.82, 2.24) is 0 Å². The quantitative estimate of drug-likeness (QED) is 0.162. The molecule has 0 aliphatic heterocycles. The molecule has 27 heavy (non-hydrogen) atoms. The summed E-state index contributed by atoms with van der Waals surface area (Å²) in [6.45, 7) is 2.70. The van der Waals surface area contributed by atoms with Gasteiger partial charge in [-0.2, -0.15) is 0 Å². The van der Waals surface area contributed by atoms with Gasteiger partial charge in [-0.05, 0) is 30.2 Å². The second kappa shape index (κ2) is 15.1. The zero-order valence-electron chi connectivity index (χ0n) is 16.8. The lowest BCUT2D eigenvalue weighted by atomic mass is 10.1. The summed E-state index contributed by atoms with van der Waals surface area (Å²) in [4.78, 5) is 11.6. The highest BCUT2D eigenvalue weighted by molar-refractivity contribution is 5.87. The fourth-order valence-electron chi connectivity index (χ4n) is 2.97. The molecule has 2 N–H and O–H groups in total.